The predicted molar refractivity (Wildman–Crippen MR) is 64.3 cm³/mol. The van der Waals surface area contributed by atoms with Gasteiger partial charge in [0.05, 0.1) is 6.20 Å². The summed E-state index contributed by atoms with van der Waals surface area (Å²) < 4.78 is 40.5. The predicted octanol–water partition coefficient (Wildman–Crippen LogP) is 4.05. The molecule has 3 nitrogen and oxygen atoms in total. The summed E-state index contributed by atoms with van der Waals surface area (Å²) in [5.41, 5.74) is -0.521. The van der Waals surface area contributed by atoms with Gasteiger partial charge in [-0.1, -0.05) is 15.9 Å². The Labute approximate surface area is 113 Å². The first-order chi connectivity index (χ1) is 8.47. The number of hydrogen-bond acceptors (Lipinski definition) is 3. The highest BCUT2D eigenvalue weighted by Crippen LogP contribution is 2.27. The molecule has 0 aliphatic carbocycles. The molecule has 0 aliphatic rings. The molecule has 0 amide bonds. The SMILES string of the molecule is Fc1cnc(Cl)nc1Nc1c(F)cc(Br)cc1F. The molecule has 0 spiro atoms. The molecule has 1 N–H and O–H groups in total. The lowest BCUT2D eigenvalue weighted by Gasteiger charge is -2.09. The van der Waals surface area contributed by atoms with Gasteiger partial charge < -0.3 is 5.32 Å². The van der Waals surface area contributed by atoms with Crippen molar-refractivity contribution in [2.75, 3.05) is 5.32 Å². The average molecular weight is 339 g/mol. The Bertz CT molecular complexity index is 586. The van der Waals surface area contributed by atoms with Crippen LogP contribution in [0.5, 0.6) is 0 Å². The molecule has 1 aromatic heterocycles. The quantitative estimate of drug-likeness (QED) is 0.839. The van der Waals surface area contributed by atoms with E-state index in [2.05, 4.69) is 31.2 Å². The summed E-state index contributed by atoms with van der Waals surface area (Å²) in [6.45, 7) is 0. The van der Waals surface area contributed by atoms with Crippen molar-refractivity contribution in [3.05, 3.63) is 45.5 Å². The second kappa shape index (κ2) is 5.11. The van der Waals surface area contributed by atoms with Gasteiger partial charge in [-0.15, -0.1) is 0 Å². The maximum Gasteiger partial charge on any atom is 0.224 e. The molecule has 0 unspecified atom stereocenters. The van der Waals surface area contributed by atoms with Crippen molar-refractivity contribution >= 4 is 39.0 Å². The van der Waals surface area contributed by atoms with E-state index >= 15 is 0 Å². The Balaban J connectivity index is 2.43. The Morgan fingerprint density at radius 3 is 2.33 bits per heavy atom. The van der Waals surface area contributed by atoms with Gasteiger partial charge in [-0.3, -0.25) is 0 Å². The van der Waals surface area contributed by atoms with Crippen molar-refractivity contribution in [2.45, 2.75) is 0 Å². The zero-order valence-electron chi connectivity index (χ0n) is 8.52. The van der Waals surface area contributed by atoms with Crippen molar-refractivity contribution < 1.29 is 13.2 Å². The lowest BCUT2D eigenvalue weighted by molar-refractivity contribution is 0.586. The highest BCUT2D eigenvalue weighted by atomic mass is 79.9. The zero-order chi connectivity index (χ0) is 13.3. The molecule has 8 heteroatoms. The van der Waals surface area contributed by atoms with E-state index in [1.807, 2.05) is 0 Å². The smallest absolute Gasteiger partial charge is 0.224 e. The molecule has 0 atom stereocenters. The van der Waals surface area contributed by atoms with Gasteiger partial charge in [-0.25, -0.2) is 18.2 Å². The van der Waals surface area contributed by atoms with Gasteiger partial charge in [-0.05, 0) is 23.7 Å². The molecular formula is C10H4BrClF3N3. The molecule has 18 heavy (non-hydrogen) atoms. The second-order valence-corrected chi connectivity index (χ2v) is 4.46. The van der Waals surface area contributed by atoms with Crippen LogP contribution >= 0.6 is 27.5 Å². The Morgan fingerprint density at radius 2 is 1.72 bits per heavy atom. The standard InChI is InChI=1S/C10H4BrClF3N3/c11-4-1-5(13)8(6(14)2-4)17-9-7(15)3-16-10(12)18-9/h1-3H,(H,16,17,18). The molecule has 0 saturated heterocycles. The van der Waals surface area contributed by atoms with Crippen molar-refractivity contribution in [3.63, 3.8) is 0 Å². The van der Waals surface area contributed by atoms with Crippen LogP contribution in [0.15, 0.2) is 22.8 Å². The normalized spacial score (nSPS) is 10.5. The van der Waals surface area contributed by atoms with Gasteiger partial charge >= 0.3 is 0 Å². The number of hydrogen-bond donors (Lipinski definition) is 1. The van der Waals surface area contributed by atoms with Crippen LogP contribution in [0.2, 0.25) is 5.28 Å². The van der Waals surface area contributed by atoms with Crippen LogP contribution in [0.4, 0.5) is 24.7 Å². The highest BCUT2D eigenvalue weighted by molar-refractivity contribution is 9.10. The van der Waals surface area contributed by atoms with Gasteiger partial charge in [0.25, 0.3) is 0 Å². The fourth-order valence-corrected chi connectivity index (χ4v) is 1.75. The molecule has 1 aromatic carbocycles. The van der Waals surface area contributed by atoms with Gasteiger partial charge in [0, 0.05) is 4.47 Å². The summed E-state index contributed by atoms with van der Waals surface area (Å²) in [4.78, 5) is 6.88. The highest BCUT2D eigenvalue weighted by Gasteiger charge is 2.14. The third kappa shape index (κ3) is 2.73. The van der Waals surface area contributed by atoms with E-state index in [4.69, 9.17) is 11.6 Å². The van der Waals surface area contributed by atoms with Crippen LogP contribution in [0.25, 0.3) is 0 Å². The molecule has 2 aromatic rings. The summed E-state index contributed by atoms with van der Waals surface area (Å²) in [7, 11) is 0. The van der Waals surface area contributed by atoms with Gasteiger partial charge in [0.1, 0.15) is 5.69 Å². The summed E-state index contributed by atoms with van der Waals surface area (Å²) in [6, 6.07) is 2.07. The van der Waals surface area contributed by atoms with E-state index in [1.165, 1.54) is 0 Å². The first-order valence-electron chi connectivity index (χ1n) is 4.57. The monoisotopic (exact) mass is 337 g/mol. The van der Waals surface area contributed by atoms with Crippen LogP contribution in [0.1, 0.15) is 0 Å². The van der Waals surface area contributed by atoms with Crippen LogP contribution < -0.4 is 5.32 Å². The minimum Gasteiger partial charge on any atom is -0.333 e. The number of rotatable bonds is 2. The Kier molecular flexibility index (Phi) is 3.72. The fourth-order valence-electron chi connectivity index (χ4n) is 1.21. The molecule has 94 valence electrons. The third-order valence-electron chi connectivity index (χ3n) is 1.96. The van der Waals surface area contributed by atoms with E-state index in [0.717, 1.165) is 18.3 Å². The van der Waals surface area contributed by atoms with Gasteiger partial charge in [0.2, 0.25) is 5.28 Å². The van der Waals surface area contributed by atoms with E-state index in [9.17, 15) is 13.2 Å². The van der Waals surface area contributed by atoms with Crippen molar-refractivity contribution in [1.29, 1.82) is 0 Å². The maximum atomic E-state index is 13.5. The van der Waals surface area contributed by atoms with E-state index < -0.39 is 29.0 Å². The lowest BCUT2D eigenvalue weighted by atomic mass is 10.3. The van der Waals surface area contributed by atoms with Crippen LogP contribution in [-0.4, -0.2) is 9.97 Å². The Hall–Kier alpha value is -1.34. The number of nitrogens with one attached hydrogen (secondary N) is 1. The molecule has 0 radical (unpaired) electrons. The first-order valence-corrected chi connectivity index (χ1v) is 5.74. The molecular weight excluding hydrogens is 334 g/mol. The zero-order valence-corrected chi connectivity index (χ0v) is 10.9. The van der Waals surface area contributed by atoms with Crippen molar-refractivity contribution in [2.24, 2.45) is 0 Å². The summed E-state index contributed by atoms with van der Waals surface area (Å²) in [6.07, 6.45) is 0.798. The van der Waals surface area contributed by atoms with Crippen LogP contribution in [0, 0.1) is 17.5 Å². The molecule has 0 aliphatic heterocycles. The Morgan fingerprint density at radius 1 is 1.11 bits per heavy atom. The van der Waals surface area contributed by atoms with Crippen molar-refractivity contribution in [1.82, 2.24) is 9.97 Å². The minimum absolute atomic E-state index is 0.226. The average Bonchev–Trinajstić information content (AvgIpc) is 2.28. The van der Waals surface area contributed by atoms with Crippen LogP contribution in [-0.2, 0) is 0 Å². The summed E-state index contributed by atoms with van der Waals surface area (Å²) in [5.74, 6) is -3.07. The minimum atomic E-state index is -0.893. The molecule has 2 rings (SSSR count). The fraction of sp³-hybridized carbons (Fsp3) is 0. The summed E-state index contributed by atoms with van der Waals surface area (Å²) in [5, 5.41) is 1.96. The largest absolute Gasteiger partial charge is 0.333 e. The van der Waals surface area contributed by atoms with E-state index in [-0.39, 0.29) is 9.76 Å². The van der Waals surface area contributed by atoms with E-state index in [1.54, 1.807) is 0 Å². The second-order valence-electron chi connectivity index (χ2n) is 3.21. The topological polar surface area (TPSA) is 37.8 Å². The van der Waals surface area contributed by atoms with E-state index in [0.29, 0.717) is 0 Å². The number of anilines is 2. The molecule has 0 bridgehead atoms. The number of nitrogens with zero attached hydrogens (tertiary/aromatic N) is 2. The van der Waals surface area contributed by atoms with Crippen LogP contribution in [0.3, 0.4) is 0 Å². The lowest BCUT2D eigenvalue weighted by Crippen LogP contribution is -2.03. The number of benzene rings is 1. The first kappa shape index (κ1) is 13.1. The number of aromatic nitrogens is 2. The van der Waals surface area contributed by atoms with Gasteiger partial charge in [0.15, 0.2) is 23.3 Å². The molecule has 0 fully saturated rings. The number of halogens is 5. The van der Waals surface area contributed by atoms with Gasteiger partial charge in [-0.2, -0.15) is 4.98 Å². The van der Waals surface area contributed by atoms with Crippen molar-refractivity contribution in [3.8, 4) is 0 Å². The molecule has 0 saturated carbocycles. The maximum absolute atomic E-state index is 13.5. The summed E-state index contributed by atoms with van der Waals surface area (Å²) >= 11 is 8.39. The third-order valence-corrected chi connectivity index (χ3v) is 2.60. The molecule has 1 heterocycles.